The van der Waals surface area contributed by atoms with Crippen molar-refractivity contribution in [3.63, 3.8) is 0 Å². The summed E-state index contributed by atoms with van der Waals surface area (Å²) in [5.41, 5.74) is 1.53. The van der Waals surface area contributed by atoms with E-state index in [2.05, 4.69) is 0 Å². The summed E-state index contributed by atoms with van der Waals surface area (Å²) in [7, 11) is 1.55. The smallest absolute Gasteiger partial charge is 0.256 e. The Morgan fingerprint density at radius 3 is 2.08 bits per heavy atom. The quantitative estimate of drug-likeness (QED) is 0.850. The third-order valence-corrected chi connectivity index (χ3v) is 4.68. The van der Waals surface area contributed by atoms with Crippen LogP contribution in [-0.4, -0.2) is 54.9 Å². The van der Waals surface area contributed by atoms with E-state index in [1.54, 1.807) is 12.0 Å². The van der Waals surface area contributed by atoms with Crippen LogP contribution in [-0.2, 0) is 9.53 Å². The summed E-state index contributed by atoms with van der Waals surface area (Å²) >= 11 is 0. The molecule has 1 aliphatic rings. The molecule has 1 fully saturated rings. The van der Waals surface area contributed by atoms with Crippen LogP contribution in [0.4, 0.5) is 0 Å². The fourth-order valence-electron chi connectivity index (χ4n) is 3.28. The second-order valence-electron chi connectivity index (χ2n) is 6.36. The first-order valence-corrected chi connectivity index (χ1v) is 8.91. The Labute approximate surface area is 154 Å². The number of rotatable bonds is 4. The van der Waals surface area contributed by atoms with E-state index in [4.69, 9.17) is 4.74 Å². The van der Waals surface area contributed by atoms with Gasteiger partial charge in [0, 0.05) is 38.9 Å². The van der Waals surface area contributed by atoms with E-state index in [0.717, 1.165) is 12.0 Å². The van der Waals surface area contributed by atoms with Crippen molar-refractivity contribution in [3.05, 3.63) is 71.8 Å². The van der Waals surface area contributed by atoms with Gasteiger partial charge in [-0.25, -0.2) is 0 Å². The van der Waals surface area contributed by atoms with Crippen LogP contribution in [0, 0.1) is 0 Å². The molecule has 26 heavy (non-hydrogen) atoms. The maximum Gasteiger partial charge on any atom is 0.256 e. The van der Waals surface area contributed by atoms with Crippen LogP contribution in [0.5, 0.6) is 0 Å². The standard InChI is InChI=1S/C21H24N2O3/c1-26-19(17-9-4-2-5-10-17)21(25)23-14-8-13-22(15-16-23)20(24)18-11-6-3-7-12-18/h2-7,9-12,19H,8,13-16H2,1H3. The molecule has 2 aromatic carbocycles. The molecule has 1 unspecified atom stereocenters. The summed E-state index contributed by atoms with van der Waals surface area (Å²) in [4.78, 5) is 29.2. The second kappa shape index (κ2) is 8.63. The maximum atomic E-state index is 12.9. The molecule has 5 heteroatoms. The number of nitrogens with zero attached hydrogens (tertiary/aromatic N) is 2. The van der Waals surface area contributed by atoms with Gasteiger partial charge in [0.1, 0.15) is 0 Å². The zero-order valence-corrected chi connectivity index (χ0v) is 15.0. The van der Waals surface area contributed by atoms with Gasteiger partial charge in [-0.2, -0.15) is 0 Å². The Bertz CT molecular complexity index is 733. The van der Waals surface area contributed by atoms with Gasteiger partial charge < -0.3 is 14.5 Å². The first-order chi connectivity index (χ1) is 12.7. The molecule has 1 aliphatic heterocycles. The Balaban J connectivity index is 1.66. The van der Waals surface area contributed by atoms with Crippen LogP contribution in [0.1, 0.15) is 28.4 Å². The predicted octanol–water partition coefficient (Wildman–Crippen LogP) is 2.75. The molecule has 0 aliphatic carbocycles. The van der Waals surface area contributed by atoms with Gasteiger partial charge in [0.2, 0.25) is 0 Å². The molecule has 0 bridgehead atoms. The number of benzene rings is 2. The van der Waals surface area contributed by atoms with Crippen LogP contribution in [0.2, 0.25) is 0 Å². The normalized spacial score (nSPS) is 16.0. The molecule has 1 saturated heterocycles. The van der Waals surface area contributed by atoms with Crippen molar-refractivity contribution in [1.82, 2.24) is 9.80 Å². The maximum absolute atomic E-state index is 12.9. The molecule has 2 amide bonds. The van der Waals surface area contributed by atoms with E-state index >= 15 is 0 Å². The highest BCUT2D eigenvalue weighted by atomic mass is 16.5. The van der Waals surface area contributed by atoms with Crippen LogP contribution in [0.3, 0.4) is 0 Å². The number of ether oxygens (including phenoxy) is 1. The topological polar surface area (TPSA) is 49.9 Å². The SMILES string of the molecule is COC(C(=O)N1CCCN(C(=O)c2ccccc2)CC1)c1ccccc1. The number of hydrogen-bond acceptors (Lipinski definition) is 3. The molecular formula is C21H24N2O3. The molecule has 0 N–H and O–H groups in total. The van der Waals surface area contributed by atoms with Gasteiger partial charge in [0.25, 0.3) is 11.8 Å². The van der Waals surface area contributed by atoms with Crippen molar-refractivity contribution in [2.24, 2.45) is 0 Å². The minimum atomic E-state index is -0.604. The molecule has 0 spiro atoms. The molecule has 1 heterocycles. The fraction of sp³-hybridized carbons (Fsp3) is 0.333. The highest BCUT2D eigenvalue weighted by Crippen LogP contribution is 2.20. The molecular weight excluding hydrogens is 328 g/mol. The van der Waals surface area contributed by atoms with E-state index in [0.29, 0.717) is 31.7 Å². The molecule has 0 radical (unpaired) electrons. The van der Waals surface area contributed by atoms with Crippen molar-refractivity contribution >= 4 is 11.8 Å². The first-order valence-electron chi connectivity index (χ1n) is 8.91. The minimum absolute atomic E-state index is 0.0197. The zero-order chi connectivity index (χ0) is 18.4. The van der Waals surface area contributed by atoms with Crippen LogP contribution < -0.4 is 0 Å². The highest BCUT2D eigenvalue weighted by Gasteiger charge is 2.28. The van der Waals surface area contributed by atoms with Gasteiger partial charge in [0.05, 0.1) is 0 Å². The number of hydrogen-bond donors (Lipinski definition) is 0. The van der Waals surface area contributed by atoms with Gasteiger partial charge in [-0.05, 0) is 24.1 Å². The van der Waals surface area contributed by atoms with Crippen LogP contribution in [0.25, 0.3) is 0 Å². The molecule has 2 aromatic rings. The third kappa shape index (κ3) is 4.11. The van der Waals surface area contributed by atoms with Crippen molar-refractivity contribution < 1.29 is 14.3 Å². The number of carbonyl (C=O) groups excluding carboxylic acids is 2. The molecule has 0 saturated carbocycles. The monoisotopic (exact) mass is 352 g/mol. The van der Waals surface area contributed by atoms with Gasteiger partial charge >= 0.3 is 0 Å². The van der Waals surface area contributed by atoms with E-state index in [9.17, 15) is 9.59 Å². The van der Waals surface area contributed by atoms with Gasteiger partial charge in [0.15, 0.2) is 6.10 Å². The summed E-state index contributed by atoms with van der Waals surface area (Å²) < 4.78 is 5.46. The third-order valence-electron chi connectivity index (χ3n) is 4.68. The summed E-state index contributed by atoms with van der Waals surface area (Å²) in [5.74, 6) is -0.0287. The second-order valence-corrected chi connectivity index (χ2v) is 6.36. The lowest BCUT2D eigenvalue weighted by atomic mass is 10.1. The number of methoxy groups -OCH3 is 1. The summed E-state index contributed by atoms with van der Waals surface area (Å²) in [5, 5.41) is 0. The lowest BCUT2D eigenvalue weighted by Crippen LogP contribution is -2.39. The largest absolute Gasteiger partial charge is 0.367 e. The van der Waals surface area contributed by atoms with Gasteiger partial charge in [-0.3, -0.25) is 9.59 Å². The molecule has 5 nitrogen and oxygen atoms in total. The Hall–Kier alpha value is -2.66. The van der Waals surface area contributed by atoms with E-state index in [1.807, 2.05) is 65.6 Å². The Morgan fingerprint density at radius 1 is 0.846 bits per heavy atom. The van der Waals surface area contributed by atoms with Crippen LogP contribution >= 0.6 is 0 Å². The summed E-state index contributed by atoms with van der Waals surface area (Å²) in [6.45, 7) is 2.33. The highest BCUT2D eigenvalue weighted by molar-refractivity contribution is 5.94. The van der Waals surface area contributed by atoms with Crippen molar-refractivity contribution in [3.8, 4) is 0 Å². The lowest BCUT2D eigenvalue weighted by molar-refractivity contribution is -0.142. The summed E-state index contributed by atoms with van der Waals surface area (Å²) in [6.07, 6.45) is 0.155. The van der Waals surface area contributed by atoms with Crippen molar-refractivity contribution in [2.75, 3.05) is 33.3 Å². The fourth-order valence-corrected chi connectivity index (χ4v) is 3.28. The zero-order valence-electron chi connectivity index (χ0n) is 15.0. The molecule has 1 atom stereocenters. The van der Waals surface area contributed by atoms with Crippen molar-refractivity contribution in [1.29, 1.82) is 0 Å². The number of carbonyl (C=O) groups is 2. The Kier molecular flexibility index (Phi) is 6.02. The van der Waals surface area contributed by atoms with E-state index in [1.165, 1.54) is 0 Å². The lowest BCUT2D eigenvalue weighted by Gasteiger charge is -2.26. The first kappa shape index (κ1) is 18.1. The molecule has 0 aromatic heterocycles. The van der Waals surface area contributed by atoms with Crippen molar-refractivity contribution in [2.45, 2.75) is 12.5 Å². The molecule has 3 rings (SSSR count). The minimum Gasteiger partial charge on any atom is -0.367 e. The summed E-state index contributed by atoms with van der Waals surface area (Å²) in [6, 6.07) is 18.8. The molecule has 136 valence electrons. The Morgan fingerprint density at radius 2 is 1.42 bits per heavy atom. The van der Waals surface area contributed by atoms with Gasteiger partial charge in [-0.1, -0.05) is 48.5 Å². The van der Waals surface area contributed by atoms with Gasteiger partial charge in [-0.15, -0.1) is 0 Å². The predicted molar refractivity (Wildman–Crippen MR) is 99.7 cm³/mol. The van der Waals surface area contributed by atoms with E-state index in [-0.39, 0.29) is 11.8 Å². The van der Waals surface area contributed by atoms with Crippen LogP contribution in [0.15, 0.2) is 60.7 Å². The average Bonchev–Trinajstić information content (AvgIpc) is 2.96. The number of amides is 2. The average molecular weight is 352 g/mol. The van der Waals surface area contributed by atoms with E-state index < -0.39 is 6.10 Å².